The van der Waals surface area contributed by atoms with E-state index in [4.69, 9.17) is 0 Å². The maximum absolute atomic E-state index is 2.73. The van der Waals surface area contributed by atoms with Crippen LogP contribution in [0.5, 0.6) is 0 Å². The van der Waals surface area contributed by atoms with Crippen LogP contribution in [0.15, 0.2) is 0 Å². The average Bonchev–Trinajstić information content (AvgIpc) is 2.18. The van der Waals surface area contributed by atoms with Gasteiger partial charge in [-0.2, -0.15) is 0 Å². The zero-order chi connectivity index (χ0) is 12.7. The minimum Gasteiger partial charge on any atom is -0.303 e. The van der Waals surface area contributed by atoms with Crippen LogP contribution in [0.3, 0.4) is 0 Å². The number of hydrogen-bond donors (Lipinski definition) is 0. The topological polar surface area (TPSA) is 3.24 Å². The van der Waals surface area contributed by atoms with E-state index in [0.29, 0.717) is 16.2 Å². The second kappa shape index (κ2) is 4.26. The van der Waals surface area contributed by atoms with E-state index in [-0.39, 0.29) is 0 Å². The van der Waals surface area contributed by atoms with Crippen molar-refractivity contribution in [2.45, 2.75) is 66.7 Å². The molecule has 1 heterocycles. The van der Waals surface area contributed by atoms with Gasteiger partial charge in [-0.1, -0.05) is 41.0 Å². The van der Waals surface area contributed by atoms with Gasteiger partial charge in [0.25, 0.3) is 0 Å². The molecule has 17 heavy (non-hydrogen) atoms. The number of hydrogen-bond acceptors (Lipinski definition) is 1. The Hall–Kier alpha value is -0.0400. The molecule has 0 radical (unpaired) electrons. The monoisotopic (exact) mass is 237 g/mol. The van der Waals surface area contributed by atoms with Crippen molar-refractivity contribution in [3.8, 4) is 0 Å². The molecule has 0 aromatic rings. The lowest BCUT2D eigenvalue weighted by Crippen LogP contribution is -2.48. The second-order valence-corrected chi connectivity index (χ2v) is 8.25. The molecule has 0 amide bonds. The largest absolute Gasteiger partial charge is 0.303 e. The molecule has 2 rings (SSSR count). The van der Waals surface area contributed by atoms with Crippen LogP contribution in [0.2, 0.25) is 0 Å². The molecule has 1 saturated heterocycles. The molecule has 0 aromatic heterocycles. The standard InChI is InChI=1S/C16H31N/c1-14(2,3)16(5)9-11-17(12-10-16)13-15(4)7-6-8-15/h6-13H2,1-5H3. The summed E-state index contributed by atoms with van der Waals surface area (Å²) in [5.41, 5.74) is 1.67. The summed E-state index contributed by atoms with van der Waals surface area (Å²) in [6.07, 6.45) is 7.14. The lowest BCUT2D eigenvalue weighted by atomic mass is 9.62. The van der Waals surface area contributed by atoms with Crippen LogP contribution in [-0.4, -0.2) is 24.5 Å². The zero-order valence-electron chi connectivity index (χ0n) is 12.6. The van der Waals surface area contributed by atoms with E-state index >= 15 is 0 Å². The van der Waals surface area contributed by atoms with E-state index < -0.39 is 0 Å². The van der Waals surface area contributed by atoms with Crippen molar-refractivity contribution < 1.29 is 0 Å². The first-order valence-electron chi connectivity index (χ1n) is 7.47. The van der Waals surface area contributed by atoms with Crippen molar-refractivity contribution in [1.29, 1.82) is 0 Å². The van der Waals surface area contributed by atoms with E-state index in [1.54, 1.807) is 0 Å². The Labute approximate surface area is 108 Å². The van der Waals surface area contributed by atoms with E-state index in [2.05, 4.69) is 39.5 Å². The second-order valence-electron chi connectivity index (χ2n) is 8.25. The quantitative estimate of drug-likeness (QED) is 0.691. The van der Waals surface area contributed by atoms with Gasteiger partial charge in [-0.15, -0.1) is 0 Å². The first-order chi connectivity index (χ1) is 7.74. The maximum atomic E-state index is 2.73. The molecule has 1 heteroatoms. The summed E-state index contributed by atoms with van der Waals surface area (Å²) in [5.74, 6) is 0. The number of rotatable bonds is 2. The Bertz CT molecular complexity index is 262. The highest BCUT2D eigenvalue weighted by molar-refractivity contribution is 4.93. The highest BCUT2D eigenvalue weighted by Gasteiger charge is 2.41. The van der Waals surface area contributed by atoms with Gasteiger partial charge in [-0.25, -0.2) is 0 Å². The van der Waals surface area contributed by atoms with Crippen molar-refractivity contribution in [2.75, 3.05) is 19.6 Å². The van der Waals surface area contributed by atoms with Gasteiger partial charge in [0.05, 0.1) is 0 Å². The summed E-state index contributed by atoms with van der Waals surface area (Å²) < 4.78 is 0. The van der Waals surface area contributed by atoms with Crippen molar-refractivity contribution in [2.24, 2.45) is 16.2 Å². The van der Waals surface area contributed by atoms with Gasteiger partial charge in [0.2, 0.25) is 0 Å². The van der Waals surface area contributed by atoms with Crippen molar-refractivity contribution in [1.82, 2.24) is 4.90 Å². The Kier molecular flexibility index (Phi) is 3.36. The molecule has 1 aliphatic heterocycles. The molecule has 2 fully saturated rings. The third kappa shape index (κ3) is 2.70. The van der Waals surface area contributed by atoms with Crippen LogP contribution < -0.4 is 0 Å². The maximum Gasteiger partial charge on any atom is 0.00353 e. The minimum absolute atomic E-state index is 0.458. The summed E-state index contributed by atoms with van der Waals surface area (Å²) >= 11 is 0. The minimum atomic E-state index is 0.458. The summed E-state index contributed by atoms with van der Waals surface area (Å²) in [4.78, 5) is 2.73. The van der Waals surface area contributed by atoms with Crippen molar-refractivity contribution in [3.63, 3.8) is 0 Å². The van der Waals surface area contributed by atoms with Crippen molar-refractivity contribution >= 4 is 0 Å². The van der Waals surface area contributed by atoms with Gasteiger partial charge in [0.1, 0.15) is 0 Å². The Morgan fingerprint density at radius 3 is 1.82 bits per heavy atom. The van der Waals surface area contributed by atoms with Crippen molar-refractivity contribution in [3.05, 3.63) is 0 Å². The smallest absolute Gasteiger partial charge is 0.00353 e. The highest BCUT2D eigenvalue weighted by Crippen LogP contribution is 2.47. The normalized spacial score (nSPS) is 28.8. The van der Waals surface area contributed by atoms with Crippen LogP contribution in [0.1, 0.15) is 66.7 Å². The molecule has 1 saturated carbocycles. The molecule has 0 atom stereocenters. The number of likely N-dealkylation sites (tertiary alicyclic amines) is 1. The van der Waals surface area contributed by atoms with Gasteiger partial charge in [0.15, 0.2) is 0 Å². The first-order valence-corrected chi connectivity index (χ1v) is 7.47. The van der Waals surface area contributed by atoms with Gasteiger partial charge in [-0.3, -0.25) is 0 Å². The molecule has 1 aliphatic carbocycles. The Morgan fingerprint density at radius 2 is 1.47 bits per heavy atom. The number of piperidine rings is 1. The molecule has 0 spiro atoms. The molecule has 1 nitrogen and oxygen atoms in total. The van der Waals surface area contributed by atoms with Crippen LogP contribution in [-0.2, 0) is 0 Å². The van der Waals surface area contributed by atoms with Gasteiger partial charge >= 0.3 is 0 Å². The van der Waals surface area contributed by atoms with E-state index in [1.807, 2.05) is 0 Å². The predicted molar refractivity (Wildman–Crippen MR) is 75.2 cm³/mol. The summed E-state index contributed by atoms with van der Waals surface area (Å²) in [6, 6.07) is 0. The molecule has 0 bridgehead atoms. The molecule has 0 unspecified atom stereocenters. The Balaban J connectivity index is 1.86. The molecule has 0 N–H and O–H groups in total. The first kappa shape index (κ1) is 13.4. The fourth-order valence-electron chi connectivity index (χ4n) is 3.43. The molecular weight excluding hydrogens is 206 g/mol. The molecule has 2 aliphatic rings. The van der Waals surface area contributed by atoms with Gasteiger partial charge in [0, 0.05) is 6.54 Å². The van der Waals surface area contributed by atoms with E-state index in [0.717, 1.165) is 0 Å². The average molecular weight is 237 g/mol. The predicted octanol–water partition coefficient (Wildman–Crippen LogP) is 4.32. The molecule has 0 aromatic carbocycles. The van der Waals surface area contributed by atoms with Crippen LogP contribution >= 0.6 is 0 Å². The zero-order valence-corrected chi connectivity index (χ0v) is 12.6. The fraction of sp³-hybridized carbons (Fsp3) is 1.00. The third-order valence-corrected chi connectivity index (χ3v) is 5.94. The highest BCUT2D eigenvalue weighted by atomic mass is 15.1. The summed E-state index contributed by atoms with van der Waals surface area (Å²) in [7, 11) is 0. The number of nitrogens with zero attached hydrogens (tertiary/aromatic N) is 1. The fourth-order valence-corrected chi connectivity index (χ4v) is 3.43. The van der Waals surface area contributed by atoms with Crippen LogP contribution in [0.4, 0.5) is 0 Å². The van der Waals surface area contributed by atoms with Crippen LogP contribution in [0.25, 0.3) is 0 Å². The molecular formula is C16H31N. The summed E-state index contributed by atoms with van der Waals surface area (Å²) in [5, 5.41) is 0. The lowest BCUT2D eigenvalue weighted by molar-refractivity contribution is -0.00413. The SMILES string of the molecule is CC1(CN2CCC(C)(C(C)(C)C)CC2)CCC1. The van der Waals surface area contributed by atoms with E-state index in [9.17, 15) is 0 Å². The van der Waals surface area contributed by atoms with Gasteiger partial charge in [-0.05, 0) is 55.0 Å². The summed E-state index contributed by atoms with van der Waals surface area (Å²) in [6.45, 7) is 16.2. The third-order valence-electron chi connectivity index (χ3n) is 5.94. The molecule has 100 valence electrons. The van der Waals surface area contributed by atoms with E-state index in [1.165, 1.54) is 51.7 Å². The Morgan fingerprint density at radius 1 is 0.941 bits per heavy atom. The van der Waals surface area contributed by atoms with Crippen LogP contribution in [0, 0.1) is 16.2 Å². The van der Waals surface area contributed by atoms with Gasteiger partial charge < -0.3 is 4.90 Å². The lowest BCUT2D eigenvalue weighted by Gasteiger charge is -2.50.